The predicted molar refractivity (Wildman–Crippen MR) is 54.8 cm³/mol. The lowest BCUT2D eigenvalue weighted by atomic mass is 10.0. The quantitative estimate of drug-likeness (QED) is 0.684. The van der Waals surface area contributed by atoms with E-state index >= 15 is 0 Å². The van der Waals surface area contributed by atoms with E-state index in [1.807, 2.05) is 6.92 Å². The monoisotopic (exact) mass is 200 g/mol. The molecular formula is C10H20N2O2. The summed E-state index contributed by atoms with van der Waals surface area (Å²) in [7, 11) is 0. The standard InChI is InChI=1S/C10H20N2O2/c1-8(11)6-10(13)12-7-9-2-4-14-5-3-9/h8-9H,2-7,11H2,1H3,(H,12,13). The molecule has 1 rings (SSSR count). The number of amides is 1. The number of nitrogens with two attached hydrogens (primary N) is 1. The maximum atomic E-state index is 11.3. The minimum Gasteiger partial charge on any atom is -0.381 e. The Morgan fingerprint density at radius 3 is 2.79 bits per heavy atom. The molecule has 4 nitrogen and oxygen atoms in total. The molecule has 14 heavy (non-hydrogen) atoms. The van der Waals surface area contributed by atoms with E-state index < -0.39 is 0 Å². The van der Waals surface area contributed by atoms with Gasteiger partial charge in [-0.25, -0.2) is 0 Å². The smallest absolute Gasteiger partial charge is 0.221 e. The van der Waals surface area contributed by atoms with Crippen molar-refractivity contribution >= 4 is 5.91 Å². The summed E-state index contributed by atoms with van der Waals surface area (Å²) in [6.45, 7) is 4.27. The van der Waals surface area contributed by atoms with E-state index in [0.717, 1.165) is 32.6 Å². The number of carbonyl (C=O) groups is 1. The van der Waals surface area contributed by atoms with Crippen LogP contribution in [-0.4, -0.2) is 31.7 Å². The molecule has 0 aromatic carbocycles. The minimum absolute atomic E-state index is 0.0512. The lowest BCUT2D eigenvalue weighted by Gasteiger charge is -2.22. The molecule has 1 aliphatic rings. The maximum absolute atomic E-state index is 11.3. The van der Waals surface area contributed by atoms with Crippen LogP contribution in [0.1, 0.15) is 26.2 Å². The highest BCUT2D eigenvalue weighted by atomic mass is 16.5. The Morgan fingerprint density at radius 2 is 2.21 bits per heavy atom. The van der Waals surface area contributed by atoms with Crippen LogP contribution in [-0.2, 0) is 9.53 Å². The Morgan fingerprint density at radius 1 is 1.57 bits per heavy atom. The first kappa shape index (κ1) is 11.5. The molecule has 3 N–H and O–H groups in total. The highest BCUT2D eigenvalue weighted by molar-refractivity contribution is 5.76. The molecule has 0 aromatic heterocycles. The maximum Gasteiger partial charge on any atom is 0.221 e. The lowest BCUT2D eigenvalue weighted by Crippen LogP contribution is -2.35. The summed E-state index contributed by atoms with van der Waals surface area (Å²) in [5, 5.41) is 2.91. The van der Waals surface area contributed by atoms with Crippen molar-refractivity contribution in [1.82, 2.24) is 5.32 Å². The Bertz CT molecular complexity index is 177. The van der Waals surface area contributed by atoms with E-state index in [0.29, 0.717) is 12.3 Å². The van der Waals surface area contributed by atoms with Crippen LogP contribution in [0, 0.1) is 5.92 Å². The van der Waals surface area contributed by atoms with Crippen LogP contribution in [0.25, 0.3) is 0 Å². The van der Waals surface area contributed by atoms with Crippen LogP contribution in [0.15, 0.2) is 0 Å². The van der Waals surface area contributed by atoms with E-state index in [4.69, 9.17) is 10.5 Å². The van der Waals surface area contributed by atoms with Gasteiger partial charge in [0, 0.05) is 32.2 Å². The van der Waals surface area contributed by atoms with Crippen LogP contribution >= 0.6 is 0 Å². The van der Waals surface area contributed by atoms with Crippen molar-refractivity contribution in [2.75, 3.05) is 19.8 Å². The fourth-order valence-electron chi connectivity index (χ4n) is 1.57. The summed E-state index contributed by atoms with van der Waals surface area (Å²) in [6.07, 6.45) is 2.53. The number of ether oxygens (including phenoxy) is 1. The number of nitrogens with one attached hydrogen (secondary N) is 1. The average molecular weight is 200 g/mol. The van der Waals surface area contributed by atoms with Gasteiger partial charge >= 0.3 is 0 Å². The molecule has 0 radical (unpaired) electrons. The Hall–Kier alpha value is -0.610. The molecule has 1 aliphatic heterocycles. The van der Waals surface area contributed by atoms with Gasteiger partial charge in [-0.15, -0.1) is 0 Å². The summed E-state index contributed by atoms with van der Waals surface area (Å²) in [5.74, 6) is 0.646. The molecule has 0 aromatic rings. The van der Waals surface area contributed by atoms with Crippen LogP contribution in [0.3, 0.4) is 0 Å². The third-order valence-corrected chi connectivity index (χ3v) is 2.44. The van der Waals surface area contributed by atoms with Gasteiger partial charge in [0.2, 0.25) is 5.91 Å². The van der Waals surface area contributed by atoms with Crippen molar-refractivity contribution in [2.45, 2.75) is 32.2 Å². The zero-order chi connectivity index (χ0) is 10.4. The van der Waals surface area contributed by atoms with Gasteiger partial charge in [-0.2, -0.15) is 0 Å². The molecule has 1 heterocycles. The Labute approximate surface area is 85.2 Å². The number of hydrogen-bond donors (Lipinski definition) is 2. The molecule has 1 saturated heterocycles. The van der Waals surface area contributed by atoms with Gasteiger partial charge in [0.05, 0.1) is 0 Å². The van der Waals surface area contributed by atoms with Crippen molar-refractivity contribution in [3.8, 4) is 0 Å². The van der Waals surface area contributed by atoms with Crippen molar-refractivity contribution in [2.24, 2.45) is 11.7 Å². The van der Waals surface area contributed by atoms with Crippen LogP contribution < -0.4 is 11.1 Å². The van der Waals surface area contributed by atoms with Crippen molar-refractivity contribution < 1.29 is 9.53 Å². The third kappa shape index (κ3) is 4.58. The molecule has 82 valence electrons. The van der Waals surface area contributed by atoms with Crippen molar-refractivity contribution in [3.05, 3.63) is 0 Å². The van der Waals surface area contributed by atoms with E-state index in [9.17, 15) is 4.79 Å². The van der Waals surface area contributed by atoms with Gasteiger partial charge in [-0.3, -0.25) is 4.79 Å². The first-order chi connectivity index (χ1) is 6.68. The molecule has 0 aliphatic carbocycles. The van der Waals surface area contributed by atoms with E-state index in [2.05, 4.69) is 5.32 Å². The summed E-state index contributed by atoms with van der Waals surface area (Å²) in [6, 6.07) is -0.0512. The van der Waals surface area contributed by atoms with Crippen LogP contribution in [0.2, 0.25) is 0 Å². The van der Waals surface area contributed by atoms with Gasteiger partial charge in [-0.05, 0) is 25.7 Å². The lowest BCUT2D eigenvalue weighted by molar-refractivity contribution is -0.121. The SMILES string of the molecule is CC(N)CC(=O)NCC1CCOCC1. The molecular weight excluding hydrogens is 180 g/mol. The summed E-state index contributed by atoms with van der Waals surface area (Å²) >= 11 is 0. The molecule has 0 spiro atoms. The van der Waals surface area contributed by atoms with Gasteiger partial charge in [0.1, 0.15) is 0 Å². The molecule has 4 heteroatoms. The van der Waals surface area contributed by atoms with E-state index in [1.165, 1.54) is 0 Å². The first-order valence-electron chi connectivity index (χ1n) is 5.28. The summed E-state index contributed by atoms with van der Waals surface area (Å²) < 4.78 is 5.24. The fraction of sp³-hybridized carbons (Fsp3) is 0.900. The molecule has 1 atom stereocenters. The second-order valence-corrected chi connectivity index (χ2v) is 4.04. The van der Waals surface area contributed by atoms with Crippen LogP contribution in [0.5, 0.6) is 0 Å². The molecule has 1 unspecified atom stereocenters. The second kappa shape index (κ2) is 5.98. The van der Waals surface area contributed by atoms with E-state index in [-0.39, 0.29) is 11.9 Å². The van der Waals surface area contributed by atoms with Crippen molar-refractivity contribution in [1.29, 1.82) is 0 Å². The zero-order valence-corrected chi connectivity index (χ0v) is 8.79. The molecule has 1 amide bonds. The topological polar surface area (TPSA) is 64.4 Å². The van der Waals surface area contributed by atoms with E-state index in [1.54, 1.807) is 0 Å². The minimum atomic E-state index is -0.0512. The largest absolute Gasteiger partial charge is 0.381 e. The first-order valence-corrected chi connectivity index (χ1v) is 5.28. The van der Waals surface area contributed by atoms with Gasteiger partial charge < -0.3 is 15.8 Å². The highest BCUT2D eigenvalue weighted by Crippen LogP contribution is 2.13. The van der Waals surface area contributed by atoms with Gasteiger partial charge in [0.25, 0.3) is 0 Å². The normalized spacial score (nSPS) is 20.4. The summed E-state index contributed by atoms with van der Waals surface area (Å²) in [5.41, 5.74) is 5.52. The molecule has 0 saturated carbocycles. The Kier molecular flexibility index (Phi) is 4.90. The van der Waals surface area contributed by atoms with Crippen LogP contribution in [0.4, 0.5) is 0 Å². The Balaban J connectivity index is 2.09. The van der Waals surface area contributed by atoms with Crippen molar-refractivity contribution in [3.63, 3.8) is 0 Å². The van der Waals surface area contributed by atoms with Gasteiger partial charge in [0.15, 0.2) is 0 Å². The third-order valence-electron chi connectivity index (χ3n) is 2.44. The average Bonchev–Trinajstić information content (AvgIpc) is 2.15. The number of rotatable bonds is 4. The zero-order valence-electron chi connectivity index (χ0n) is 8.79. The van der Waals surface area contributed by atoms with Gasteiger partial charge in [-0.1, -0.05) is 0 Å². The summed E-state index contributed by atoms with van der Waals surface area (Å²) in [4.78, 5) is 11.3. The predicted octanol–water partition coefficient (Wildman–Crippen LogP) is 0.267. The molecule has 1 fully saturated rings. The second-order valence-electron chi connectivity index (χ2n) is 4.04. The molecule has 0 bridgehead atoms. The fourth-order valence-corrected chi connectivity index (χ4v) is 1.57. The number of hydrogen-bond acceptors (Lipinski definition) is 3. The number of carbonyl (C=O) groups excluding carboxylic acids is 1. The highest BCUT2D eigenvalue weighted by Gasteiger charge is 2.14.